The first-order valence-electron chi connectivity index (χ1n) is 6.38. The van der Waals surface area contributed by atoms with E-state index >= 15 is 0 Å². The number of para-hydroxylation sites is 1. The van der Waals surface area contributed by atoms with Gasteiger partial charge in [-0.15, -0.1) is 0 Å². The van der Waals surface area contributed by atoms with E-state index in [4.69, 9.17) is 10.2 Å². The molecule has 0 aliphatic heterocycles. The SMILES string of the molecule is Cc1ncn(Cc2c(CN)oc3ccccc23)c1C. The molecule has 1 aromatic carbocycles. The van der Waals surface area contributed by atoms with Crippen LogP contribution < -0.4 is 5.73 Å². The Morgan fingerprint density at radius 2 is 2.05 bits per heavy atom. The molecule has 3 aromatic rings. The maximum Gasteiger partial charge on any atom is 0.134 e. The van der Waals surface area contributed by atoms with Gasteiger partial charge in [-0.25, -0.2) is 4.98 Å². The van der Waals surface area contributed by atoms with E-state index in [1.54, 1.807) is 0 Å². The van der Waals surface area contributed by atoms with Gasteiger partial charge in [0.25, 0.3) is 0 Å². The van der Waals surface area contributed by atoms with Crippen molar-refractivity contribution in [3.8, 4) is 0 Å². The summed E-state index contributed by atoms with van der Waals surface area (Å²) in [5.41, 5.74) is 10.1. The van der Waals surface area contributed by atoms with Crippen LogP contribution in [0.4, 0.5) is 0 Å². The predicted octanol–water partition coefficient (Wildman–Crippen LogP) is 2.75. The Morgan fingerprint density at radius 3 is 2.74 bits per heavy atom. The zero-order chi connectivity index (χ0) is 13.4. The molecule has 0 amide bonds. The predicted molar refractivity (Wildman–Crippen MR) is 74.9 cm³/mol. The molecule has 0 spiro atoms. The van der Waals surface area contributed by atoms with E-state index in [-0.39, 0.29) is 0 Å². The number of benzene rings is 1. The quantitative estimate of drug-likeness (QED) is 0.783. The molecule has 3 rings (SSSR count). The van der Waals surface area contributed by atoms with Crippen molar-refractivity contribution in [2.45, 2.75) is 26.9 Å². The number of aryl methyl sites for hydroxylation is 1. The van der Waals surface area contributed by atoms with E-state index < -0.39 is 0 Å². The third kappa shape index (κ3) is 1.94. The van der Waals surface area contributed by atoms with E-state index in [2.05, 4.69) is 22.5 Å². The van der Waals surface area contributed by atoms with E-state index in [9.17, 15) is 0 Å². The number of nitrogens with two attached hydrogens (primary N) is 1. The molecule has 0 aliphatic carbocycles. The highest BCUT2D eigenvalue weighted by molar-refractivity contribution is 5.82. The molecule has 98 valence electrons. The average Bonchev–Trinajstić information content (AvgIpc) is 2.94. The summed E-state index contributed by atoms with van der Waals surface area (Å²) in [4.78, 5) is 4.33. The Labute approximate surface area is 111 Å². The van der Waals surface area contributed by atoms with Gasteiger partial charge in [0.05, 0.1) is 25.1 Å². The van der Waals surface area contributed by atoms with Crippen molar-refractivity contribution in [3.05, 3.63) is 53.3 Å². The minimum absolute atomic E-state index is 0.413. The Kier molecular flexibility index (Phi) is 2.87. The average molecular weight is 255 g/mol. The second-order valence-electron chi connectivity index (χ2n) is 4.75. The van der Waals surface area contributed by atoms with E-state index in [0.717, 1.165) is 34.5 Å². The van der Waals surface area contributed by atoms with Gasteiger partial charge < -0.3 is 14.7 Å². The number of fused-ring (bicyclic) bond motifs is 1. The molecule has 19 heavy (non-hydrogen) atoms. The summed E-state index contributed by atoms with van der Waals surface area (Å²) < 4.78 is 7.94. The number of nitrogens with zero attached hydrogens (tertiary/aromatic N) is 2. The first-order valence-corrected chi connectivity index (χ1v) is 6.38. The largest absolute Gasteiger partial charge is 0.459 e. The van der Waals surface area contributed by atoms with Crippen LogP contribution in [0.3, 0.4) is 0 Å². The number of imidazole rings is 1. The molecular weight excluding hydrogens is 238 g/mol. The van der Waals surface area contributed by atoms with Crippen molar-refractivity contribution >= 4 is 11.0 Å². The molecule has 0 aliphatic rings. The lowest BCUT2D eigenvalue weighted by Gasteiger charge is -2.06. The molecule has 2 heterocycles. The van der Waals surface area contributed by atoms with Gasteiger partial charge in [-0.2, -0.15) is 0 Å². The summed E-state index contributed by atoms with van der Waals surface area (Å²) in [5, 5.41) is 1.13. The second-order valence-corrected chi connectivity index (χ2v) is 4.75. The maximum absolute atomic E-state index is 5.81. The molecule has 2 aromatic heterocycles. The van der Waals surface area contributed by atoms with Gasteiger partial charge >= 0.3 is 0 Å². The van der Waals surface area contributed by atoms with Crippen LogP contribution in [0.1, 0.15) is 22.7 Å². The van der Waals surface area contributed by atoms with Crippen LogP contribution in [0.5, 0.6) is 0 Å². The van der Waals surface area contributed by atoms with Gasteiger partial charge in [0.15, 0.2) is 0 Å². The fourth-order valence-corrected chi connectivity index (χ4v) is 2.36. The van der Waals surface area contributed by atoms with Gasteiger partial charge in [-0.3, -0.25) is 0 Å². The molecule has 2 N–H and O–H groups in total. The lowest BCUT2D eigenvalue weighted by molar-refractivity contribution is 0.542. The second kappa shape index (κ2) is 4.55. The van der Waals surface area contributed by atoms with Crippen LogP contribution in [0, 0.1) is 13.8 Å². The number of hydrogen-bond donors (Lipinski definition) is 1. The standard InChI is InChI=1S/C15H17N3O/c1-10-11(2)18(9-17-10)8-13-12-5-3-4-6-14(12)19-15(13)7-16/h3-6,9H,7-8,16H2,1-2H3. The number of rotatable bonds is 3. The highest BCUT2D eigenvalue weighted by Crippen LogP contribution is 2.26. The van der Waals surface area contributed by atoms with Crippen LogP contribution in [0.2, 0.25) is 0 Å². The fourth-order valence-electron chi connectivity index (χ4n) is 2.36. The zero-order valence-corrected chi connectivity index (χ0v) is 11.2. The number of aromatic nitrogens is 2. The Bertz CT molecular complexity index is 724. The lowest BCUT2D eigenvalue weighted by atomic mass is 10.1. The van der Waals surface area contributed by atoms with Crippen molar-refractivity contribution in [1.29, 1.82) is 0 Å². The lowest BCUT2D eigenvalue weighted by Crippen LogP contribution is -2.05. The summed E-state index contributed by atoms with van der Waals surface area (Å²) in [5.74, 6) is 0.854. The van der Waals surface area contributed by atoms with Crippen molar-refractivity contribution in [3.63, 3.8) is 0 Å². The van der Waals surface area contributed by atoms with Crippen LogP contribution in [0.25, 0.3) is 11.0 Å². The van der Waals surface area contributed by atoms with Crippen molar-refractivity contribution in [1.82, 2.24) is 9.55 Å². The molecule has 4 nitrogen and oxygen atoms in total. The summed E-state index contributed by atoms with van der Waals surface area (Å²) in [6.07, 6.45) is 1.87. The first kappa shape index (κ1) is 12.0. The molecule has 0 saturated carbocycles. The summed E-state index contributed by atoms with van der Waals surface area (Å²) >= 11 is 0. The Balaban J connectivity index is 2.11. The maximum atomic E-state index is 5.81. The molecule has 0 bridgehead atoms. The summed E-state index contributed by atoms with van der Waals surface area (Å²) in [7, 11) is 0. The van der Waals surface area contributed by atoms with E-state index in [0.29, 0.717) is 6.54 Å². The van der Waals surface area contributed by atoms with Crippen LogP contribution in [-0.2, 0) is 13.1 Å². The summed E-state index contributed by atoms with van der Waals surface area (Å²) in [6.45, 7) is 5.25. The van der Waals surface area contributed by atoms with Crippen molar-refractivity contribution < 1.29 is 4.42 Å². The number of hydrogen-bond acceptors (Lipinski definition) is 3. The summed E-state index contributed by atoms with van der Waals surface area (Å²) in [6, 6.07) is 8.05. The molecule has 0 radical (unpaired) electrons. The topological polar surface area (TPSA) is 57.0 Å². The van der Waals surface area contributed by atoms with Crippen LogP contribution in [0.15, 0.2) is 35.0 Å². The van der Waals surface area contributed by atoms with Crippen LogP contribution in [-0.4, -0.2) is 9.55 Å². The van der Waals surface area contributed by atoms with Gasteiger partial charge in [-0.1, -0.05) is 18.2 Å². The van der Waals surface area contributed by atoms with Crippen molar-refractivity contribution in [2.75, 3.05) is 0 Å². The molecule has 0 atom stereocenters. The normalized spacial score (nSPS) is 11.3. The molecule has 0 unspecified atom stereocenters. The highest BCUT2D eigenvalue weighted by atomic mass is 16.3. The number of furan rings is 1. The van der Waals surface area contributed by atoms with Gasteiger partial charge in [0, 0.05) is 16.6 Å². The zero-order valence-electron chi connectivity index (χ0n) is 11.2. The van der Waals surface area contributed by atoms with Gasteiger partial charge in [0.1, 0.15) is 11.3 Å². The fraction of sp³-hybridized carbons (Fsp3) is 0.267. The third-order valence-electron chi connectivity index (χ3n) is 3.64. The Morgan fingerprint density at radius 1 is 1.26 bits per heavy atom. The third-order valence-corrected chi connectivity index (χ3v) is 3.64. The molecular formula is C15H17N3O. The monoisotopic (exact) mass is 255 g/mol. The molecule has 4 heteroatoms. The van der Waals surface area contributed by atoms with Gasteiger partial charge in [-0.05, 0) is 19.9 Å². The van der Waals surface area contributed by atoms with Gasteiger partial charge in [0.2, 0.25) is 0 Å². The van der Waals surface area contributed by atoms with E-state index in [1.807, 2.05) is 31.5 Å². The van der Waals surface area contributed by atoms with E-state index in [1.165, 1.54) is 5.69 Å². The van der Waals surface area contributed by atoms with Crippen molar-refractivity contribution in [2.24, 2.45) is 5.73 Å². The first-order chi connectivity index (χ1) is 9.20. The molecule has 0 saturated heterocycles. The minimum atomic E-state index is 0.413. The highest BCUT2D eigenvalue weighted by Gasteiger charge is 2.14. The minimum Gasteiger partial charge on any atom is -0.459 e. The Hall–Kier alpha value is -2.07. The van der Waals surface area contributed by atoms with Crippen LogP contribution >= 0.6 is 0 Å². The smallest absolute Gasteiger partial charge is 0.134 e. The molecule has 0 fully saturated rings.